The van der Waals surface area contributed by atoms with E-state index in [9.17, 15) is 0 Å². The Hall–Kier alpha value is -1.69. The van der Waals surface area contributed by atoms with Crippen molar-refractivity contribution in [2.45, 2.75) is 62.3 Å². The minimum absolute atomic E-state index is 1.31. The first-order chi connectivity index (χ1) is 13.5. The van der Waals surface area contributed by atoms with E-state index in [0.29, 0.717) is 0 Å². The average molecular weight is 421 g/mol. The fraction of sp³-hybridized carbons (Fsp3) is 0.333. The SMILES string of the molecule is Cc1cc(C)c(P(=S)(c2c(C)cc(C)cc2C)c2c(C)cc(C)cc2C)c(C)c1. The van der Waals surface area contributed by atoms with Gasteiger partial charge in [0.05, 0.1) is 0 Å². The van der Waals surface area contributed by atoms with Gasteiger partial charge in [0, 0.05) is 6.04 Å². The van der Waals surface area contributed by atoms with Crippen molar-refractivity contribution in [3.63, 3.8) is 0 Å². The Kier molecular flexibility index (Phi) is 5.96. The molecule has 0 N–H and O–H groups in total. The monoisotopic (exact) mass is 420 g/mol. The highest BCUT2D eigenvalue weighted by Crippen LogP contribution is 2.48. The van der Waals surface area contributed by atoms with Gasteiger partial charge in [-0.1, -0.05) is 64.9 Å². The minimum atomic E-state index is -2.23. The van der Waals surface area contributed by atoms with Crippen molar-refractivity contribution < 1.29 is 0 Å². The maximum atomic E-state index is 6.87. The number of aryl methyl sites for hydroxylation is 9. The van der Waals surface area contributed by atoms with Crippen molar-refractivity contribution in [3.05, 3.63) is 86.5 Å². The summed E-state index contributed by atoms with van der Waals surface area (Å²) in [6, 6.07) is 11.6. The zero-order valence-corrected chi connectivity index (χ0v) is 21.0. The summed E-state index contributed by atoms with van der Waals surface area (Å²) in [6.07, 6.45) is 0. The predicted octanol–water partition coefficient (Wildman–Crippen LogP) is 6.22. The number of hydrogen-bond acceptors (Lipinski definition) is 1. The first kappa shape index (κ1) is 22.0. The van der Waals surface area contributed by atoms with E-state index in [1.807, 2.05) is 0 Å². The fourth-order valence-electron chi connectivity index (χ4n) is 5.34. The maximum absolute atomic E-state index is 6.87. The predicted molar refractivity (Wildman–Crippen MR) is 135 cm³/mol. The van der Waals surface area contributed by atoms with Gasteiger partial charge in [-0.2, -0.15) is 0 Å². The Balaban J connectivity index is 2.58. The number of benzene rings is 3. The first-order valence-corrected chi connectivity index (χ1v) is 13.1. The number of hydrogen-bond donors (Lipinski definition) is 0. The highest BCUT2D eigenvalue weighted by Gasteiger charge is 2.33. The van der Waals surface area contributed by atoms with Gasteiger partial charge < -0.3 is 0 Å². The molecule has 0 aliphatic heterocycles. The summed E-state index contributed by atoms with van der Waals surface area (Å²) >= 11 is 6.87. The lowest BCUT2D eigenvalue weighted by Crippen LogP contribution is -2.33. The van der Waals surface area contributed by atoms with Gasteiger partial charge in [0.25, 0.3) is 0 Å². The molecular formula is C27H33PS. The molecule has 0 fully saturated rings. The van der Waals surface area contributed by atoms with Crippen LogP contribution in [0.15, 0.2) is 36.4 Å². The topological polar surface area (TPSA) is 0 Å². The molecule has 152 valence electrons. The molecule has 0 amide bonds. The van der Waals surface area contributed by atoms with Crippen LogP contribution in [0.2, 0.25) is 0 Å². The van der Waals surface area contributed by atoms with E-state index in [4.69, 9.17) is 11.8 Å². The van der Waals surface area contributed by atoms with Crippen LogP contribution in [0.3, 0.4) is 0 Å². The van der Waals surface area contributed by atoms with E-state index in [-0.39, 0.29) is 0 Å². The van der Waals surface area contributed by atoms with Gasteiger partial charge in [-0.3, -0.25) is 0 Å². The first-order valence-electron chi connectivity index (χ1n) is 10.3. The van der Waals surface area contributed by atoms with Gasteiger partial charge in [-0.25, -0.2) is 0 Å². The summed E-state index contributed by atoms with van der Waals surface area (Å²) in [4.78, 5) is 0. The fourth-order valence-corrected chi connectivity index (χ4v) is 12.0. The van der Waals surface area contributed by atoms with Crippen LogP contribution in [0.5, 0.6) is 0 Å². The lowest BCUT2D eigenvalue weighted by molar-refractivity contribution is 1.34. The van der Waals surface area contributed by atoms with Gasteiger partial charge in [-0.05, 0) is 112 Å². The lowest BCUT2D eigenvalue weighted by Gasteiger charge is -2.33. The van der Waals surface area contributed by atoms with Crippen molar-refractivity contribution in [3.8, 4) is 0 Å². The molecular weight excluding hydrogens is 387 g/mol. The zero-order valence-electron chi connectivity index (χ0n) is 19.3. The smallest absolute Gasteiger partial charge is 0.0395 e. The molecule has 0 saturated carbocycles. The van der Waals surface area contributed by atoms with Crippen LogP contribution in [-0.4, -0.2) is 0 Å². The van der Waals surface area contributed by atoms with Gasteiger partial charge in [-0.15, -0.1) is 0 Å². The van der Waals surface area contributed by atoms with Gasteiger partial charge in [0.2, 0.25) is 0 Å². The molecule has 3 aromatic rings. The Labute approximate surface area is 182 Å². The van der Waals surface area contributed by atoms with Crippen LogP contribution in [0.4, 0.5) is 0 Å². The van der Waals surface area contributed by atoms with E-state index in [2.05, 4.69) is 98.7 Å². The van der Waals surface area contributed by atoms with E-state index in [1.54, 1.807) is 0 Å². The van der Waals surface area contributed by atoms with Gasteiger partial charge >= 0.3 is 0 Å². The molecule has 0 atom stereocenters. The molecule has 0 aliphatic carbocycles. The highest BCUT2D eigenvalue weighted by atomic mass is 32.4. The third-order valence-corrected chi connectivity index (χ3v) is 11.5. The van der Waals surface area contributed by atoms with Crippen LogP contribution < -0.4 is 15.9 Å². The molecule has 2 heteroatoms. The van der Waals surface area contributed by atoms with Crippen LogP contribution in [0.1, 0.15) is 50.1 Å². The average Bonchev–Trinajstić information content (AvgIpc) is 2.51. The Morgan fingerprint density at radius 3 is 0.759 bits per heavy atom. The van der Waals surface area contributed by atoms with E-state index in [0.717, 1.165) is 0 Å². The van der Waals surface area contributed by atoms with Crippen LogP contribution >= 0.6 is 6.04 Å². The molecule has 3 rings (SSSR count). The molecule has 0 aromatic heterocycles. The molecule has 0 saturated heterocycles. The van der Waals surface area contributed by atoms with E-state index >= 15 is 0 Å². The quantitative estimate of drug-likeness (QED) is 0.453. The van der Waals surface area contributed by atoms with Crippen molar-refractivity contribution >= 4 is 33.8 Å². The lowest BCUT2D eigenvalue weighted by atomic mass is 10.1. The Morgan fingerprint density at radius 2 is 0.586 bits per heavy atom. The molecule has 0 unspecified atom stereocenters. The van der Waals surface area contributed by atoms with Crippen molar-refractivity contribution in [1.82, 2.24) is 0 Å². The van der Waals surface area contributed by atoms with Crippen LogP contribution in [0, 0.1) is 62.3 Å². The molecule has 0 aliphatic rings. The standard InChI is InChI=1S/C27H33PS/c1-16-10-19(4)25(20(5)11-16)28(29,26-21(6)12-17(2)13-22(26)7)27-23(8)14-18(3)15-24(27)9/h10-15H,1-9H3. The third-order valence-electron chi connectivity index (χ3n) is 5.85. The molecule has 0 nitrogen and oxygen atoms in total. The third kappa shape index (κ3) is 3.76. The van der Waals surface area contributed by atoms with Crippen LogP contribution in [-0.2, 0) is 11.8 Å². The molecule has 29 heavy (non-hydrogen) atoms. The van der Waals surface area contributed by atoms with E-state index < -0.39 is 6.04 Å². The van der Waals surface area contributed by atoms with Gasteiger partial charge in [0.1, 0.15) is 0 Å². The van der Waals surface area contributed by atoms with E-state index in [1.165, 1.54) is 66.0 Å². The Bertz CT molecular complexity index is 952. The second kappa shape index (κ2) is 7.86. The summed E-state index contributed by atoms with van der Waals surface area (Å²) in [7, 11) is 0. The second-order valence-electron chi connectivity index (χ2n) is 8.85. The molecule has 0 spiro atoms. The van der Waals surface area contributed by atoms with Gasteiger partial charge in [0.15, 0.2) is 0 Å². The second-order valence-corrected chi connectivity index (χ2v) is 13.1. The van der Waals surface area contributed by atoms with Crippen molar-refractivity contribution in [1.29, 1.82) is 0 Å². The summed E-state index contributed by atoms with van der Waals surface area (Å²) < 4.78 is 0. The molecule has 0 radical (unpaired) electrons. The Morgan fingerprint density at radius 1 is 0.414 bits per heavy atom. The minimum Gasteiger partial charge on any atom is -0.0825 e. The maximum Gasteiger partial charge on any atom is 0.0395 e. The largest absolute Gasteiger partial charge is 0.0825 e. The summed E-state index contributed by atoms with van der Waals surface area (Å²) in [6.45, 7) is 20.0. The summed E-state index contributed by atoms with van der Waals surface area (Å²) in [5.41, 5.74) is 11.9. The zero-order chi connectivity index (χ0) is 21.7. The van der Waals surface area contributed by atoms with Crippen molar-refractivity contribution in [2.75, 3.05) is 0 Å². The van der Waals surface area contributed by atoms with Crippen molar-refractivity contribution in [2.24, 2.45) is 0 Å². The molecule has 3 aromatic carbocycles. The normalized spacial score (nSPS) is 11.8. The highest BCUT2D eigenvalue weighted by molar-refractivity contribution is 8.25. The van der Waals surface area contributed by atoms with Crippen LogP contribution in [0.25, 0.3) is 0 Å². The molecule has 0 heterocycles. The molecule has 0 bridgehead atoms. The number of rotatable bonds is 3. The summed E-state index contributed by atoms with van der Waals surface area (Å²) in [5.74, 6) is 0. The summed E-state index contributed by atoms with van der Waals surface area (Å²) in [5, 5.41) is 4.13.